The normalized spacial score (nSPS) is 17.4. The highest BCUT2D eigenvalue weighted by molar-refractivity contribution is 6.31. The Bertz CT molecular complexity index is 409. The number of hydrogen-bond acceptors (Lipinski definition) is 2. The van der Waals surface area contributed by atoms with E-state index in [1.807, 2.05) is 0 Å². The lowest BCUT2D eigenvalue weighted by atomic mass is 10.0. The molecule has 1 heterocycles. The number of halogens is 1. The largest absolute Gasteiger partial charge is 0.315 e. The van der Waals surface area contributed by atoms with E-state index in [1.165, 1.54) is 55.7 Å². The summed E-state index contributed by atoms with van der Waals surface area (Å²) in [4.78, 5) is 2.56. The topological polar surface area (TPSA) is 15.3 Å². The first kappa shape index (κ1) is 14.8. The lowest BCUT2D eigenvalue weighted by Gasteiger charge is -2.19. The molecule has 1 aliphatic heterocycles. The zero-order valence-corrected chi connectivity index (χ0v) is 12.9. The van der Waals surface area contributed by atoms with Crippen LogP contribution < -0.4 is 5.32 Å². The van der Waals surface area contributed by atoms with Crippen LogP contribution in [0.4, 0.5) is 0 Å². The molecule has 0 unspecified atom stereocenters. The highest BCUT2D eigenvalue weighted by atomic mass is 35.5. The van der Waals surface area contributed by atoms with Gasteiger partial charge in [-0.25, -0.2) is 0 Å². The molecule has 0 aliphatic carbocycles. The van der Waals surface area contributed by atoms with Gasteiger partial charge in [0.05, 0.1) is 0 Å². The molecule has 2 rings (SSSR count). The van der Waals surface area contributed by atoms with Gasteiger partial charge in [-0.15, -0.1) is 0 Å². The first-order valence-corrected chi connectivity index (χ1v) is 7.73. The van der Waals surface area contributed by atoms with E-state index in [9.17, 15) is 0 Å². The minimum atomic E-state index is 0.931. The van der Waals surface area contributed by atoms with Crippen molar-refractivity contribution < 1.29 is 0 Å². The summed E-state index contributed by atoms with van der Waals surface area (Å²) < 4.78 is 0. The fourth-order valence-electron chi connectivity index (χ4n) is 2.65. The predicted molar refractivity (Wildman–Crippen MR) is 83.2 cm³/mol. The number of nitrogens with one attached hydrogen (secondary N) is 1. The first-order chi connectivity index (χ1) is 9.16. The average Bonchev–Trinajstić information content (AvgIpc) is 2.64. The van der Waals surface area contributed by atoms with E-state index in [2.05, 4.69) is 36.2 Å². The van der Waals surface area contributed by atoms with E-state index < -0.39 is 0 Å². The molecule has 19 heavy (non-hydrogen) atoms. The Morgan fingerprint density at radius 3 is 2.79 bits per heavy atom. The molecule has 1 N–H and O–H groups in total. The molecular weight excluding hydrogens is 256 g/mol. The van der Waals surface area contributed by atoms with E-state index >= 15 is 0 Å². The fraction of sp³-hybridized carbons (Fsp3) is 0.625. The lowest BCUT2D eigenvalue weighted by Crippen LogP contribution is -2.29. The third-order valence-corrected chi connectivity index (χ3v) is 4.37. The van der Waals surface area contributed by atoms with E-state index in [-0.39, 0.29) is 0 Å². The van der Waals surface area contributed by atoms with E-state index in [4.69, 9.17) is 11.6 Å². The molecule has 1 aromatic carbocycles. The van der Waals surface area contributed by atoms with Crippen LogP contribution >= 0.6 is 11.6 Å². The molecule has 0 aromatic heterocycles. The molecule has 0 atom stereocenters. The van der Waals surface area contributed by atoms with Gasteiger partial charge in [-0.05, 0) is 75.5 Å². The Labute approximate surface area is 122 Å². The van der Waals surface area contributed by atoms with E-state index in [0.717, 1.165) is 18.0 Å². The van der Waals surface area contributed by atoms with Crippen LogP contribution in [0.15, 0.2) is 12.1 Å². The number of nitrogens with zero attached hydrogens (tertiary/aromatic N) is 1. The van der Waals surface area contributed by atoms with Gasteiger partial charge >= 0.3 is 0 Å². The maximum Gasteiger partial charge on any atom is 0.0440 e. The maximum atomic E-state index is 6.33. The Morgan fingerprint density at radius 1 is 1.16 bits per heavy atom. The Balaban J connectivity index is 1.83. The van der Waals surface area contributed by atoms with Crippen LogP contribution in [0.2, 0.25) is 5.02 Å². The summed E-state index contributed by atoms with van der Waals surface area (Å²) in [7, 11) is 0. The molecule has 1 saturated heterocycles. The second kappa shape index (κ2) is 7.28. The molecule has 2 nitrogen and oxygen atoms in total. The second-order valence-corrected chi connectivity index (χ2v) is 5.98. The molecule has 0 amide bonds. The van der Waals surface area contributed by atoms with Crippen molar-refractivity contribution >= 4 is 11.6 Å². The average molecular weight is 281 g/mol. The molecule has 0 spiro atoms. The summed E-state index contributed by atoms with van der Waals surface area (Å²) in [6, 6.07) is 4.35. The van der Waals surface area contributed by atoms with E-state index in [1.54, 1.807) is 0 Å². The van der Waals surface area contributed by atoms with Gasteiger partial charge in [0.15, 0.2) is 0 Å². The summed E-state index contributed by atoms with van der Waals surface area (Å²) >= 11 is 6.33. The van der Waals surface area contributed by atoms with Crippen molar-refractivity contribution in [3.8, 4) is 0 Å². The van der Waals surface area contributed by atoms with Crippen molar-refractivity contribution in [3.05, 3.63) is 33.8 Å². The van der Waals surface area contributed by atoms with Crippen LogP contribution in [0.25, 0.3) is 0 Å². The van der Waals surface area contributed by atoms with Crippen LogP contribution in [0, 0.1) is 13.8 Å². The van der Waals surface area contributed by atoms with Gasteiger partial charge in [0.1, 0.15) is 0 Å². The predicted octanol–water partition coefficient (Wildman–Crippen LogP) is 3.18. The van der Waals surface area contributed by atoms with Gasteiger partial charge in [0.2, 0.25) is 0 Å². The minimum Gasteiger partial charge on any atom is -0.315 e. The number of benzene rings is 1. The number of hydrogen-bond donors (Lipinski definition) is 1. The summed E-state index contributed by atoms with van der Waals surface area (Å²) in [5, 5.41) is 4.38. The van der Waals surface area contributed by atoms with Gasteiger partial charge < -0.3 is 10.2 Å². The monoisotopic (exact) mass is 280 g/mol. The van der Waals surface area contributed by atoms with Gasteiger partial charge in [0, 0.05) is 18.1 Å². The summed E-state index contributed by atoms with van der Waals surface area (Å²) in [6.45, 7) is 10.2. The minimum absolute atomic E-state index is 0.931. The molecular formula is C16H25ClN2. The van der Waals surface area contributed by atoms with Crippen molar-refractivity contribution in [2.75, 3.05) is 32.7 Å². The third-order valence-electron chi connectivity index (χ3n) is 4.02. The van der Waals surface area contributed by atoms with Crippen molar-refractivity contribution in [2.45, 2.75) is 33.1 Å². The summed E-state index contributed by atoms with van der Waals surface area (Å²) in [6.07, 6.45) is 3.55. The maximum absolute atomic E-state index is 6.33. The quantitative estimate of drug-likeness (QED) is 0.911. The third kappa shape index (κ3) is 4.48. The van der Waals surface area contributed by atoms with Gasteiger partial charge in [-0.2, -0.15) is 0 Å². The Hall–Kier alpha value is -0.570. The van der Waals surface area contributed by atoms with Crippen molar-refractivity contribution in [1.82, 2.24) is 10.2 Å². The van der Waals surface area contributed by atoms with Crippen LogP contribution in [0.3, 0.4) is 0 Å². The number of rotatable bonds is 4. The van der Waals surface area contributed by atoms with Crippen LogP contribution in [-0.4, -0.2) is 37.6 Å². The zero-order valence-electron chi connectivity index (χ0n) is 12.1. The standard InChI is InChI=1S/C16H25ClN2/c1-13-11-15(16(17)12-14(13)2)5-3-8-19-9-4-6-18-7-10-19/h11-12,18H,3-10H2,1-2H3. The fourth-order valence-corrected chi connectivity index (χ4v) is 2.96. The molecule has 0 radical (unpaired) electrons. The Morgan fingerprint density at radius 2 is 1.95 bits per heavy atom. The molecule has 0 bridgehead atoms. The first-order valence-electron chi connectivity index (χ1n) is 7.35. The van der Waals surface area contributed by atoms with Crippen LogP contribution in [0.1, 0.15) is 29.5 Å². The van der Waals surface area contributed by atoms with Crippen molar-refractivity contribution in [2.24, 2.45) is 0 Å². The van der Waals surface area contributed by atoms with E-state index in [0.29, 0.717) is 0 Å². The zero-order chi connectivity index (χ0) is 13.7. The molecule has 1 fully saturated rings. The van der Waals surface area contributed by atoms with Crippen molar-refractivity contribution in [1.29, 1.82) is 0 Å². The van der Waals surface area contributed by atoms with Crippen molar-refractivity contribution in [3.63, 3.8) is 0 Å². The highest BCUT2D eigenvalue weighted by Gasteiger charge is 2.09. The highest BCUT2D eigenvalue weighted by Crippen LogP contribution is 2.22. The Kier molecular flexibility index (Phi) is 5.68. The summed E-state index contributed by atoms with van der Waals surface area (Å²) in [5.74, 6) is 0. The van der Waals surface area contributed by atoms with Crippen LogP contribution in [-0.2, 0) is 6.42 Å². The smallest absolute Gasteiger partial charge is 0.0440 e. The lowest BCUT2D eigenvalue weighted by molar-refractivity contribution is 0.289. The molecule has 1 aromatic rings. The number of aryl methyl sites for hydroxylation is 3. The second-order valence-electron chi connectivity index (χ2n) is 5.58. The molecule has 1 aliphatic rings. The van der Waals surface area contributed by atoms with Crippen LogP contribution in [0.5, 0.6) is 0 Å². The molecule has 0 saturated carbocycles. The molecule has 106 valence electrons. The summed E-state index contributed by atoms with van der Waals surface area (Å²) in [5.41, 5.74) is 3.93. The van der Waals surface area contributed by atoms with Gasteiger partial charge in [-0.1, -0.05) is 17.7 Å². The van der Waals surface area contributed by atoms with Gasteiger partial charge in [0.25, 0.3) is 0 Å². The SMILES string of the molecule is Cc1cc(Cl)c(CCCN2CCCNCC2)cc1C. The van der Waals surface area contributed by atoms with Gasteiger partial charge in [-0.3, -0.25) is 0 Å². The molecule has 3 heteroatoms.